The molecule has 5 rings (SSSR count). The van der Waals surface area contributed by atoms with Crippen LogP contribution in [0.15, 0.2) is 88.1 Å². The number of methoxy groups -OCH3 is 1. The highest BCUT2D eigenvalue weighted by Gasteiger charge is 2.14. The van der Waals surface area contributed by atoms with Crippen LogP contribution in [0.3, 0.4) is 0 Å². The molecule has 3 nitrogen and oxygen atoms in total. The molecule has 27 heavy (non-hydrogen) atoms. The molecule has 0 N–H and O–H groups in total. The molecule has 1 aromatic heterocycles. The summed E-state index contributed by atoms with van der Waals surface area (Å²) in [5, 5.41) is 3.16. The molecular weight excluding hydrogens is 336 g/mol. The Morgan fingerprint density at radius 1 is 0.741 bits per heavy atom. The zero-order valence-corrected chi connectivity index (χ0v) is 14.7. The van der Waals surface area contributed by atoms with E-state index in [4.69, 9.17) is 9.15 Å². The smallest absolute Gasteiger partial charge is 0.201 e. The summed E-state index contributed by atoms with van der Waals surface area (Å²) in [6, 6.07) is 25.2. The summed E-state index contributed by atoms with van der Waals surface area (Å²) in [7, 11) is 1.65. The largest absolute Gasteiger partial charge is 0.497 e. The molecule has 0 spiro atoms. The van der Waals surface area contributed by atoms with Gasteiger partial charge in [-0.25, -0.2) is 0 Å². The zero-order valence-electron chi connectivity index (χ0n) is 14.7. The molecule has 4 aromatic carbocycles. The summed E-state index contributed by atoms with van der Waals surface area (Å²) in [6.07, 6.45) is 0. The van der Waals surface area contributed by atoms with E-state index in [-0.39, 0.29) is 5.43 Å². The van der Waals surface area contributed by atoms with Gasteiger partial charge in [-0.3, -0.25) is 4.79 Å². The molecule has 3 heteroatoms. The molecule has 0 saturated heterocycles. The maximum absolute atomic E-state index is 13.2. The lowest BCUT2D eigenvalue weighted by molar-refractivity contribution is 0.415. The standard InChI is InChI=1S/C24H16O3/c1-26-16-12-10-15(11-13-16)20-14-22-23(18-7-3-2-6-17(18)20)24(25)19-8-4-5-9-21(19)27-22/h2-14H,1H3. The number of hydrogen-bond donors (Lipinski definition) is 0. The van der Waals surface area contributed by atoms with E-state index in [1.165, 1.54) is 0 Å². The van der Waals surface area contributed by atoms with Crippen LogP contribution >= 0.6 is 0 Å². The fraction of sp³-hybridized carbons (Fsp3) is 0.0417. The first-order valence-corrected chi connectivity index (χ1v) is 8.78. The van der Waals surface area contributed by atoms with Gasteiger partial charge in [0.25, 0.3) is 0 Å². The van der Waals surface area contributed by atoms with Crippen molar-refractivity contribution in [3.8, 4) is 16.9 Å². The van der Waals surface area contributed by atoms with Crippen LogP contribution in [-0.2, 0) is 0 Å². The summed E-state index contributed by atoms with van der Waals surface area (Å²) < 4.78 is 11.4. The number of ether oxygens (including phenoxy) is 1. The third-order valence-electron chi connectivity index (χ3n) is 4.99. The van der Waals surface area contributed by atoms with Crippen molar-refractivity contribution in [2.75, 3.05) is 7.11 Å². The second-order valence-electron chi connectivity index (χ2n) is 6.50. The second kappa shape index (κ2) is 5.99. The average molecular weight is 352 g/mol. The van der Waals surface area contributed by atoms with Crippen molar-refractivity contribution in [3.63, 3.8) is 0 Å². The van der Waals surface area contributed by atoms with Crippen LogP contribution in [-0.4, -0.2) is 7.11 Å². The van der Waals surface area contributed by atoms with E-state index in [1.54, 1.807) is 7.11 Å². The summed E-state index contributed by atoms with van der Waals surface area (Å²) >= 11 is 0. The normalized spacial score (nSPS) is 11.3. The van der Waals surface area contributed by atoms with Crippen LogP contribution in [0.4, 0.5) is 0 Å². The minimum absolute atomic E-state index is 0.00401. The van der Waals surface area contributed by atoms with E-state index in [0.717, 1.165) is 27.6 Å². The Bertz CT molecular complexity index is 1360. The molecule has 0 aliphatic rings. The molecule has 0 radical (unpaired) electrons. The summed E-state index contributed by atoms with van der Waals surface area (Å²) in [5.41, 5.74) is 3.28. The fourth-order valence-electron chi connectivity index (χ4n) is 3.67. The molecule has 0 amide bonds. The van der Waals surface area contributed by atoms with Gasteiger partial charge in [-0.1, -0.05) is 48.5 Å². The van der Waals surface area contributed by atoms with E-state index in [1.807, 2.05) is 78.9 Å². The van der Waals surface area contributed by atoms with E-state index in [2.05, 4.69) is 0 Å². The van der Waals surface area contributed by atoms with Crippen molar-refractivity contribution in [2.24, 2.45) is 0 Å². The van der Waals surface area contributed by atoms with Gasteiger partial charge in [0.1, 0.15) is 16.9 Å². The maximum atomic E-state index is 13.2. The number of hydrogen-bond acceptors (Lipinski definition) is 3. The van der Waals surface area contributed by atoms with Gasteiger partial charge in [0.2, 0.25) is 5.43 Å². The lowest BCUT2D eigenvalue weighted by atomic mass is 9.95. The SMILES string of the molecule is COc1ccc(-c2cc3oc4ccccc4c(=O)c3c3ccccc23)cc1. The molecule has 0 aliphatic carbocycles. The molecule has 0 atom stereocenters. The zero-order chi connectivity index (χ0) is 18.4. The van der Waals surface area contributed by atoms with Crippen LogP contribution in [0.5, 0.6) is 5.75 Å². The van der Waals surface area contributed by atoms with Crippen molar-refractivity contribution in [3.05, 3.63) is 89.1 Å². The lowest BCUT2D eigenvalue weighted by Crippen LogP contribution is -2.03. The third kappa shape index (κ3) is 2.40. The molecule has 0 fully saturated rings. The molecule has 0 saturated carbocycles. The molecule has 0 unspecified atom stereocenters. The highest BCUT2D eigenvalue weighted by atomic mass is 16.5. The quantitative estimate of drug-likeness (QED) is 0.299. The Balaban J connectivity index is 1.93. The van der Waals surface area contributed by atoms with Gasteiger partial charge in [-0.15, -0.1) is 0 Å². The molecular formula is C24H16O3. The Kier molecular flexibility index (Phi) is 3.47. The van der Waals surface area contributed by atoms with Crippen LogP contribution in [0.1, 0.15) is 0 Å². The van der Waals surface area contributed by atoms with Crippen molar-refractivity contribution in [1.29, 1.82) is 0 Å². The summed E-state index contributed by atoms with van der Waals surface area (Å²) in [4.78, 5) is 13.2. The monoisotopic (exact) mass is 352 g/mol. The summed E-state index contributed by atoms with van der Waals surface area (Å²) in [6.45, 7) is 0. The van der Waals surface area contributed by atoms with Crippen molar-refractivity contribution in [1.82, 2.24) is 0 Å². The van der Waals surface area contributed by atoms with Crippen LogP contribution in [0.25, 0.3) is 43.8 Å². The van der Waals surface area contributed by atoms with Gasteiger partial charge in [-0.2, -0.15) is 0 Å². The third-order valence-corrected chi connectivity index (χ3v) is 4.99. The molecule has 0 bridgehead atoms. The van der Waals surface area contributed by atoms with E-state index >= 15 is 0 Å². The molecule has 1 heterocycles. The van der Waals surface area contributed by atoms with Crippen LogP contribution in [0, 0.1) is 0 Å². The van der Waals surface area contributed by atoms with Crippen molar-refractivity contribution >= 4 is 32.7 Å². The topological polar surface area (TPSA) is 39.4 Å². The highest BCUT2D eigenvalue weighted by molar-refractivity contribution is 6.13. The van der Waals surface area contributed by atoms with Gasteiger partial charge in [0.15, 0.2) is 0 Å². The van der Waals surface area contributed by atoms with E-state index < -0.39 is 0 Å². The van der Waals surface area contributed by atoms with Gasteiger partial charge in [-0.05, 0) is 52.2 Å². The number of para-hydroxylation sites is 1. The Morgan fingerprint density at radius 3 is 2.15 bits per heavy atom. The molecule has 130 valence electrons. The maximum Gasteiger partial charge on any atom is 0.201 e. The van der Waals surface area contributed by atoms with Gasteiger partial charge in [0.05, 0.1) is 17.9 Å². The number of rotatable bonds is 2. The second-order valence-corrected chi connectivity index (χ2v) is 6.50. The fourth-order valence-corrected chi connectivity index (χ4v) is 3.67. The Morgan fingerprint density at radius 2 is 1.41 bits per heavy atom. The van der Waals surface area contributed by atoms with E-state index in [0.29, 0.717) is 21.9 Å². The van der Waals surface area contributed by atoms with E-state index in [9.17, 15) is 4.79 Å². The molecule has 5 aromatic rings. The van der Waals surface area contributed by atoms with Gasteiger partial charge < -0.3 is 9.15 Å². The van der Waals surface area contributed by atoms with Crippen LogP contribution < -0.4 is 10.2 Å². The predicted molar refractivity (Wildman–Crippen MR) is 109 cm³/mol. The first-order chi connectivity index (χ1) is 13.3. The van der Waals surface area contributed by atoms with Gasteiger partial charge >= 0.3 is 0 Å². The predicted octanol–water partition coefficient (Wildman–Crippen LogP) is 5.78. The first-order valence-electron chi connectivity index (χ1n) is 8.78. The number of fused-ring (bicyclic) bond motifs is 4. The average Bonchev–Trinajstić information content (AvgIpc) is 2.73. The van der Waals surface area contributed by atoms with Crippen molar-refractivity contribution < 1.29 is 9.15 Å². The molecule has 0 aliphatic heterocycles. The Labute approximate surface area is 155 Å². The first kappa shape index (κ1) is 15.6. The minimum atomic E-state index is 0.00401. The summed E-state index contributed by atoms with van der Waals surface area (Å²) in [5.74, 6) is 0.807. The highest BCUT2D eigenvalue weighted by Crippen LogP contribution is 2.35. The van der Waals surface area contributed by atoms with Crippen LogP contribution in [0.2, 0.25) is 0 Å². The van der Waals surface area contributed by atoms with Crippen molar-refractivity contribution in [2.45, 2.75) is 0 Å². The lowest BCUT2D eigenvalue weighted by Gasteiger charge is -2.11. The minimum Gasteiger partial charge on any atom is -0.497 e. The number of benzene rings is 4. The Hall–Kier alpha value is -3.59. The van der Waals surface area contributed by atoms with Gasteiger partial charge in [0, 0.05) is 0 Å².